The van der Waals surface area contributed by atoms with Crippen molar-refractivity contribution < 1.29 is 19.1 Å². The zero-order chi connectivity index (χ0) is 23.2. The average Bonchev–Trinajstić information content (AvgIpc) is 2.82. The van der Waals surface area contributed by atoms with Crippen LogP contribution in [0.1, 0.15) is 61.4 Å². The van der Waals surface area contributed by atoms with Gasteiger partial charge in [-0.3, -0.25) is 4.79 Å². The molecular formula is C26H30N2O4. The number of nitrogens with zero attached hydrogens (tertiary/aromatic N) is 1. The molecule has 0 aromatic heterocycles. The zero-order valence-electron chi connectivity index (χ0n) is 18.7. The summed E-state index contributed by atoms with van der Waals surface area (Å²) in [7, 11) is 1.30. The smallest absolute Gasteiger partial charge is 0.337 e. The first kappa shape index (κ1) is 24.7. The molecule has 0 saturated carbocycles. The predicted octanol–water partition coefficient (Wildman–Crippen LogP) is 5.76. The molecule has 168 valence electrons. The van der Waals surface area contributed by atoms with Gasteiger partial charge in [0.1, 0.15) is 17.4 Å². The van der Waals surface area contributed by atoms with E-state index < -0.39 is 11.9 Å². The Morgan fingerprint density at radius 3 is 2.25 bits per heavy atom. The van der Waals surface area contributed by atoms with Crippen LogP contribution in [0.5, 0.6) is 5.75 Å². The van der Waals surface area contributed by atoms with E-state index in [0.29, 0.717) is 17.9 Å². The molecule has 0 radical (unpaired) electrons. The Morgan fingerprint density at radius 1 is 0.969 bits per heavy atom. The van der Waals surface area contributed by atoms with E-state index in [4.69, 9.17) is 4.74 Å². The van der Waals surface area contributed by atoms with Gasteiger partial charge in [-0.05, 0) is 54.5 Å². The van der Waals surface area contributed by atoms with Crippen LogP contribution >= 0.6 is 0 Å². The molecule has 32 heavy (non-hydrogen) atoms. The third-order valence-electron chi connectivity index (χ3n) is 4.89. The van der Waals surface area contributed by atoms with Gasteiger partial charge in [0, 0.05) is 5.69 Å². The summed E-state index contributed by atoms with van der Waals surface area (Å²) in [5.74, 6) is -0.217. The Bertz CT molecular complexity index is 941. The van der Waals surface area contributed by atoms with Crippen molar-refractivity contribution in [2.24, 2.45) is 0 Å². The molecule has 1 amide bonds. The van der Waals surface area contributed by atoms with Crippen molar-refractivity contribution in [2.45, 2.75) is 45.4 Å². The Kier molecular flexibility index (Phi) is 10.5. The van der Waals surface area contributed by atoms with Crippen LogP contribution in [0.4, 0.5) is 5.69 Å². The van der Waals surface area contributed by atoms with Gasteiger partial charge in [-0.2, -0.15) is 5.26 Å². The van der Waals surface area contributed by atoms with Gasteiger partial charge in [0.15, 0.2) is 0 Å². The van der Waals surface area contributed by atoms with Crippen LogP contribution in [0.15, 0.2) is 54.1 Å². The molecule has 6 heteroatoms. The van der Waals surface area contributed by atoms with E-state index in [1.54, 1.807) is 24.3 Å². The molecule has 0 unspecified atom stereocenters. The molecule has 0 aliphatic heterocycles. The molecule has 2 aromatic rings. The van der Waals surface area contributed by atoms with E-state index in [2.05, 4.69) is 17.0 Å². The largest absolute Gasteiger partial charge is 0.494 e. The Hall–Kier alpha value is -3.59. The molecule has 2 aromatic carbocycles. The summed E-state index contributed by atoms with van der Waals surface area (Å²) in [5, 5.41) is 12.0. The monoisotopic (exact) mass is 434 g/mol. The molecule has 0 spiro atoms. The van der Waals surface area contributed by atoms with E-state index in [9.17, 15) is 14.9 Å². The van der Waals surface area contributed by atoms with Crippen molar-refractivity contribution in [3.05, 3.63) is 65.2 Å². The number of anilines is 1. The molecular weight excluding hydrogens is 404 g/mol. The lowest BCUT2D eigenvalue weighted by Crippen LogP contribution is -2.13. The van der Waals surface area contributed by atoms with Gasteiger partial charge in [0.2, 0.25) is 0 Å². The summed E-state index contributed by atoms with van der Waals surface area (Å²) in [6.07, 6.45) is 8.80. The Balaban J connectivity index is 1.88. The third-order valence-corrected chi connectivity index (χ3v) is 4.89. The van der Waals surface area contributed by atoms with Crippen molar-refractivity contribution in [3.8, 4) is 11.8 Å². The number of esters is 1. The summed E-state index contributed by atoms with van der Waals surface area (Å²) in [6.45, 7) is 2.89. The first-order chi connectivity index (χ1) is 15.6. The fraction of sp³-hybridized carbons (Fsp3) is 0.346. The number of nitrogens with one attached hydrogen (secondary N) is 1. The fourth-order valence-corrected chi connectivity index (χ4v) is 3.05. The highest BCUT2D eigenvalue weighted by Crippen LogP contribution is 2.17. The number of carbonyl (C=O) groups is 2. The summed E-state index contributed by atoms with van der Waals surface area (Å²) >= 11 is 0. The molecule has 2 rings (SSSR count). The van der Waals surface area contributed by atoms with E-state index in [1.165, 1.54) is 45.3 Å². The molecule has 0 atom stereocenters. The standard InChI is InChI=1S/C26H30N2O4/c1-3-4-5-6-7-8-17-32-24-15-9-20(10-16-24)18-22(19-27)25(29)28-23-13-11-21(12-14-23)26(30)31-2/h9-16,18H,3-8,17H2,1-2H3,(H,28,29)/b22-18-. The summed E-state index contributed by atoms with van der Waals surface area (Å²) < 4.78 is 10.4. The number of ether oxygens (including phenoxy) is 2. The van der Waals surface area contributed by atoms with Gasteiger partial charge in [-0.1, -0.05) is 51.2 Å². The van der Waals surface area contributed by atoms with Gasteiger partial charge < -0.3 is 14.8 Å². The SMILES string of the molecule is CCCCCCCCOc1ccc(/C=C(/C#N)C(=O)Nc2ccc(C(=O)OC)cc2)cc1. The lowest BCUT2D eigenvalue weighted by atomic mass is 10.1. The summed E-state index contributed by atoms with van der Waals surface area (Å²) in [6, 6.07) is 15.5. The molecule has 0 aliphatic rings. The maximum absolute atomic E-state index is 12.4. The van der Waals surface area contributed by atoms with Crippen LogP contribution in [0.25, 0.3) is 6.08 Å². The number of amides is 1. The predicted molar refractivity (Wildman–Crippen MR) is 125 cm³/mol. The topological polar surface area (TPSA) is 88.4 Å². The van der Waals surface area contributed by atoms with Gasteiger partial charge in [-0.15, -0.1) is 0 Å². The highest BCUT2D eigenvalue weighted by Gasteiger charge is 2.11. The van der Waals surface area contributed by atoms with Crippen molar-refractivity contribution in [2.75, 3.05) is 19.0 Å². The number of hydrogen-bond donors (Lipinski definition) is 1. The van der Waals surface area contributed by atoms with Gasteiger partial charge in [0.05, 0.1) is 19.3 Å². The molecule has 6 nitrogen and oxygen atoms in total. The summed E-state index contributed by atoms with van der Waals surface area (Å²) in [5.41, 5.74) is 1.55. The maximum atomic E-state index is 12.4. The quantitative estimate of drug-likeness (QED) is 0.199. The van der Waals surface area contributed by atoms with E-state index in [1.807, 2.05) is 30.3 Å². The van der Waals surface area contributed by atoms with Crippen LogP contribution < -0.4 is 10.1 Å². The second kappa shape index (κ2) is 13.7. The first-order valence-corrected chi connectivity index (χ1v) is 10.9. The van der Waals surface area contributed by atoms with Gasteiger partial charge in [-0.25, -0.2) is 4.79 Å². The maximum Gasteiger partial charge on any atom is 0.337 e. The van der Waals surface area contributed by atoms with Crippen molar-refractivity contribution in [1.29, 1.82) is 5.26 Å². The number of methoxy groups -OCH3 is 1. The minimum atomic E-state index is -0.526. The van der Waals surface area contributed by atoms with Crippen LogP contribution in [0, 0.1) is 11.3 Å². The van der Waals surface area contributed by atoms with Crippen LogP contribution in [0.2, 0.25) is 0 Å². The highest BCUT2D eigenvalue weighted by atomic mass is 16.5. The molecule has 0 fully saturated rings. The number of rotatable bonds is 12. The fourth-order valence-electron chi connectivity index (χ4n) is 3.05. The normalized spacial score (nSPS) is 10.8. The van der Waals surface area contributed by atoms with Gasteiger partial charge >= 0.3 is 5.97 Å². The van der Waals surface area contributed by atoms with Crippen LogP contribution in [-0.4, -0.2) is 25.6 Å². The number of benzene rings is 2. The average molecular weight is 435 g/mol. The number of hydrogen-bond acceptors (Lipinski definition) is 5. The first-order valence-electron chi connectivity index (χ1n) is 10.9. The van der Waals surface area contributed by atoms with Crippen molar-refractivity contribution in [3.63, 3.8) is 0 Å². The molecule has 1 N–H and O–H groups in total. The van der Waals surface area contributed by atoms with E-state index in [0.717, 1.165) is 17.7 Å². The lowest BCUT2D eigenvalue weighted by molar-refractivity contribution is -0.112. The summed E-state index contributed by atoms with van der Waals surface area (Å²) in [4.78, 5) is 23.9. The van der Waals surface area contributed by atoms with E-state index in [-0.39, 0.29) is 5.57 Å². The number of nitriles is 1. The minimum absolute atomic E-state index is 0.0252. The highest BCUT2D eigenvalue weighted by molar-refractivity contribution is 6.09. The van der Waals surface area contributed by atoms with Crippen molar-refractivity contribution in [1.82, 2.24) is 0 Å². The Labute approximate surface area is 189 Å². The van der Waals surface area contributed by atoms with Crippen molar-refractivity contribution >= 4 is 23.6 Å². The molecule has 0 bridgehead atoms. The molecule has 0 aliphatic carbocycles. The second-order valence-electron chi connectivity index (χ2n) is 7.38. The third kappa shape index (κ3) is 8.27. The van der Waals surface area contributed by atoms with Crippen LogP contribution in [-0.2, 0) is 9.53 Å². The molecule has 0 saturated heterocycles. The van der Waals surface area contributed by atoms with Crippen LogP contribution in [0.3, 0.4) is 0 Å². The number of unbranched alkanes of at least 4 members (excludes halogenated alkanes) is 5. The second-order valence-corrected chi connectivity index (χ2v) is 7.38. The lowest BCUT2D eigenvalue weighted by Gasteiger charge is -2.07. The zero-order valence-corrected chi connectivity index (χ0v) is 18.7. The van der Waals surface area contributed by atoms with Gasteiger partial charge in [0.25, 0.3) is 5.91 Å². The Morgan fingerprint density at radius 2 is 1.62 bits per heavy atom. The minimum Gasteiger partial charge on any atom is -0.494 e. The number of carbonyl (C=O) groups excluding carboxylic acids is 2. The van der Waals surface area contributed by atoms with E-state index >= 15 is 0 Å². The molecule has 0 heterocycles.